The van der Waals surface area contributed by atoms with Crippen molar-refractivity contribution in [2.24, 2.45) is 5.73 Å². The Kier molecular flexibility index (Phi) is 6.29. The van der Waals surface area contributed by atoms with Crippen molar-refractivity contribution in [2.75, 3.05) is 6.54 Å². The van der Waals surface area contributed by atoms with Gasteiger partial charge in [-0.15, -0.1) is 0 Å². The average Bonchev–Trinajstić information content (AvgIpc) is 2.41. The third-order valence-corrected chi connectivity index (χ3v) is 2.83. The highest BCUT2D eigenvalue weighted by Crippen LogP contribution is 2.12. The van der Waals surface area contributed by atoms with E-state index in [4.69, 9.17) is 10.5 Å². The summed E-state index contributed by atoms with van der Waals surface area (Å²) >= 11 is 0. The standard InChI is InChI=1S/C14H23N3O2/c1-4-11(15)8-12-6-7-13(9-17-12)19-10(3)14(18)16-5-2/h6-7,9-11H,4-5,8,15H2,1-3H3,(H,16,18). The first-order chi connectivity index (χ1) is 9.06. The molecule has 1 amide bonds. The van der Waals surface area contributed by atoms with Crippen LogP contribution < -0.4 is 15.8 Å². The van der Waals surface area contributed by atoms with Crippen molar-refractivity contribution in [3.05, 3.63) is 24.0 Å². The summed E-state index contributed by atoms with van der Waals surface area (Å²) in [6, 6.07) is 3.84. The first kappa shape index (κ1) is 15.4. The second kappa shape index (κ2) is 7.74. The van der Waals surface area contributed by atoms with Gasteiger partial charge in [0.25, 0.3) is 5.91 Å². The summed E-state index contributed by atoms with van der Waals surface area (Å²) in [5, 5.41) is 2.71. The fourth-order valence-corrected chi connectivity index (χ4v) is 1.59. The minimum Gasteiger partial charge on any atom is -0.479 e. The predicted octanol–water partition coefficient (Wildman–Crippen LogP) is 1.26. The molecule has 1 heterocycles. The van der Waals surface area contributed by atoms with E-state index in [2.05, 4.69) is 17.2 Å². The summed E-state index contributed by atoms with van der Waals surface area (Å²) in [6.45, 7) is 6.23. The molecule has 0 spiro atoms. The first-order valence-corrected chi connectivity index (χ1v) is 6.71. The first-order valence-electron chi connectivity index (χ1n) is 6.71. The smallest absolute Gasteiger partial charge is 0.260 e. The maximum atomic E-state index is 11.5. The molecule has 0 bridgehead atoms. The fraction of sp³-hybridized carbons (Fsp3) is 0.571. The Labute approximate surface area is 114 Å². The molecule has 0 aromatic carbocycles. The topological polar surface area (TPSA) is 77.2 Å². The molecule has 3 N–H and O–H groups in total. The van der Waals surface area contributed by atoms with Crippen LogP contribution in [0.3, 0.4) is 0 Å². The van der Waals surface area contributed by atoms with E-state index in [1.165, 1.54) is 0 Å². The Balaban J connectivity index is 2.54. The quantitative estimate of drug-likeness (QED) is 0.778. The molecule has 0 aliphatic rings. The molecule has 0 saturated heterocycles. The molecule has 19 heavy (non-hydrogen) atoms. The van der Waals surface area contributed by atoms with Gasteiger partial charge in [-0.3, -0.25) is 9.78 Å². The Bertz CT molecular complexity index is 392. The molecule has 0 radical (unpaired) electrons. The van der Waals surface area contributed by atoms with Gasteiger partial charge >= 0.3 is 0 Å². The van der Waals surface area contributed by atoms with Crippen LogP contribution in [-0.2, 0) is 11.2 Å². The molecule has 1 rings (SSSR count). The molecule has 2 atom stereocenters. The number of pyridine rings is 1. The van der Waals surface area contributed by atoms with Gasteiger partial charge in [-0.05, 0) is 32.4 Å². The van der Waals surface area contributed by atoms with E-state index in [1.54, 1.807) is 13.1 Å². The number of hydrogen-bond acceptors (Lipinski definition) is 4. The van der Waals surface area contributed by atoms with Gasteiger partial charge < -0.3 is 15.8 Å². The highest BCUT2D eigenvalue weighted by atomic mass is 16.5. The van der Waals surface area contributed by atoms with Crippen LogP contribution in [0.25, 0.3) is 0 Å². The molecular weight excluding hydrogens is 242 g/mol. The molecule has 0 aliphatic heterocycles. The molecular formula is C14H23N3O2. The highest BCUT2D eigenvalue weighted by Gasteiger charge is 2.13. The zero-order valence-corrected chi connectivity index (χ0v) is 11.8. The van der Waals surface area contributed by atoms with Crippen molar-refractivity contribution in [2.45, 2.75) is 45.8 Å². The predicted molar refractivity (Wildman–Crippen MR) is 75.0 cm³/mol. The number of nitrogens with one attached hydrogen (secondary N) is 1. The van der Waals surface area contributed by atoms with Crippen molar-refractivity contribution in [3.8, 4) is 5.75 Å². The second-order valence-corrected chi connectivity index (χ2v) is 4.51. The second-order valence-electron chi connectivity index (χ2n) is 4.51. The number of carbonyl (C=O) groups excluding carboxylic acids is 1. The number of nitrogens with two attached hydrogens (primary N) is 1. The third kappa shape index (κ3) is 5.26. The molecule has 0 fully saturated rings. The van der Waals surface area contributed by atoms with E-state index >= 15 is 0 Å². The van der Waals surface area contributed by atoms with Crippen LogP contribution in [0, 0.1) is 0 Å². The largest absolute Gasteiger partial charge is 0.479 e. The third-order valence-electron chi connectivity index (χ3n) is 2.83. The van der Waals surface area contributed by atoms with Gasteiger partial charge in [0, 0.05) is 24.7 Å². The number of aromatic nitrogens is 1. The SMILES string of the molecule is CCNC(=O)C(C)Oc1ccc(CC(N)CC)nc1. The van der Waals surface area contributed by atoms with Crippen LogP contribution in [-0.4, -0.2) is 29.6 Å². The van der Waals surface area contributed by atoms with Gasteiger partial charge in [-0.1, -0.05) is 6.92 Å². The molecule has 5 heteroatoms. The number of nitrogens with zero attached hydrogens (tertiary/aromatic N) is 1. The molecule has 1 aromatic heterocycles. The summed E-state index contributed by atoms with van der Waals surface area (Å²) in [4.78, 5) is 15.8. The van der Waals surface area contributed by atoms with E-state index in [0.29, 0.717) is 12.3 Å². The van der Waals surface area contributed by atoms with Crippen molar-refractivity contribution < 1.29 is 9.53 Å². The number of ether oxygens (including phenoxy) is 1. The lowest BCUT2D eigenvalue weighted by Crippen LogP contribution is -2.36. The number of amides is 1. The van der Waals surface area contributed by atoms with Gasteiger partial charge in [-0.2, -0.15) is 0 Å². The van der Waals surface area contributed by atoms with Crippen molar-refractivity contribution in [3.63, 3.8) is 0 Å². The summed E-state index contributed by atoms with van der Waals surface area (Å²) in [5.74, 6) is 0.465. The monoisotopic (exact) mass is 265 g/mol. The van der Waals surface area contributed by atoms with Crippen LogP contribution in [0.5, 0.6) is 5.75 Å². The van der Waals surface area contributed by atoms with Crippen LogP contribution in [0.15, 0.2) is 18.3 Å². The minimum atomic E-state index is -0.523. The lowest BCUT2D eigenvalue weighted by atomic mass is 10.1. The molecule has 0 aliphatic carbocycles. The zero-order valence-electron chi connectivity index (χ0n) is 11.8. The number of carbonyl (C=O) groups is 1. The Morgan fingerprint density at radius 3 is 2.74 bits per heavy atom. The Morgan fingerprint density at radius 2 is 2.21 bits per heavy atom. The zero-order chi connectivity index (χ0) is 14.3. The van der Waals surface area contributed by atoms with Gasteiger partial charge in [0.1, 0.15) is 5.75 Å². The van der Waals surface area contributed by atoms with Gasteiger partial charge in [0.15, 0.2) is 6.10 Å². The maximum Gasteiger partial charge on any atom is 0.260 e. The van der Waals surface area contributed by atoms with Crippen molar-refractivity contribution in [1.29, 1.82) is 0 Å². The molecule has 1 aromatic rings. The van der Waals surface area contributed by atoms with Gasteiger partial charge in [-0.25, -0.2) is 0 Å². The summed E-state index contributed by atoms with van der Waals surface area (Å²) in [7, 11) is 0. The Morgan fingerprint density at radius 1 is 1.47 bits per heavy atom. The lowest BCUT2D eigenvalue weighted by molar-refractivity contribution is -0.127. The molecule has 0 saturated carbocycles. The van der Waals surface area contributed by atoms with Crippen LogP contribution in [0.1, 0.15) is 32.9 Å². The van der Waals surface area contributed by atoms with Crippen LogP contribution in [0.4, 0.5) is 0 Å². The van der Waals surface area contributed by atoms with Crippen molar-refractivity contribution in [1.82, 2.24) is 10.3 Å². The summed E-state index contributed by atoms with van der Waals surface area (Å²) in [6.07, 6.45) is 2.79. The van der Waals surface area contributed by atoms with Crippen LogP contribution >= 0.6 is 0 Å². The molecule has 5 nitrogen and oxygen atoms in total. The molecule has 106 valence electrons. The number of likely N-dealkylation sites (N-methyl/N-ethyl adjacent to an activating group) is 1. The number of rotatable bonds is 7. The summed E-state index contributed by atoms with van der Waals surface area (Å²) in [5.41, 5.74) is 6.81. The summed E-state index contributed by atoms with van der Waals surface area (Å²) < 4.78 is 5.51. The Hall–Kier alpha value is -1.62. The minimum absolute atomic E-state index is 0.125. The average molecular weight is 265 g/mol. The lowest BCUT2D eigenvalue weighted by Gasteiger charge is -2.14. The van der Waals surface area contributed by atoms with E-state index in [9.17, 15) is 4.79 Å². The number of hydrogen-bond donors (Lipinski definition) is 2. The fourth-order valence-electron chi connectivity index (χ4n) is 1.59. The molecule has 2 unspecified atom stereocenters. The van der Waals surface area contributed by atoms with E-state index < -0.39 is 6.10 Å². The maximum absolute atomic E-state index is 11.5. The van der Waals surface area contributed by atoms with E-state index in [1.807, 2.05) is 19.1 Å². The normalized spacial score (nSPS) is 13.7. The van der Waals surface area contributed by atoms with Gasteiger partial charge in [0.2, 0.25) is 0 Å². The van der Waals surface area contributed by atoms with Gasteiger partial charge in [0.05, 0.1) is 6.20 Å². The van der Waals surface area contributed by atoms with Crippen LogP contribution in [0.2, 0.25) is 0 Å². The van der Waals surface area contributed by atoms with E-state index in [0.717, 1.165) is 18.5 Å². The van der Waals surface area contributed by atoms with Crippen molar-refractivity contribution >= 4 is 5.91 Å². The van der Waals surface area contributed by atoms with E-state index in [-0.39, 0.29) is 11.9 Å². The highest BCUT2D eigenvalue weighted by molar-refractivity contribution is 5.80.